The number of hydrogen-bond donors (Lipinski definition) is 9. The Morgan fingerprint density at radius 3 is 1.35 bits per heavy atom. The minimum atomic E-state index is -1.83. The molecule has 4 aliphatic carbocycles. The Morgan fingerprint density at radius 1 is 0.567 bits per heavy atom. The number of nitrogen functional groups attached to an aromatic ring is 2. The largest absolute Gasteiger partial charge is 0.500 e. The Kier molecular flexibility index (Phi) is 44.8. The van der Waals surface area contributed by atoms with Crippen LogP contribution in [0.2, 0.25) is 41.4 Å². The van der Waals surface area contributed by atoms with Crippen LogP contribution in [0.1, 0.15) is 167 Å². The molecule has 4 fully saturated rings. The van der Waals surface area contributed by atoms with Gasteiger partial charge in [0.15, 0.2) is 63.5 Å². The van der Waals surface area contributed by atoms with Crippen LogP contribution in [0.25, 0.3) is 22.1 Å². The van der Waals surface area contributed by atoms with E-state index in [0.717, 1.165) is 69.4 Å². The number of amidine groups is 1. The van der Waals surface area contributed by atoms with Crippen LogP contribution in [0.3, 0.4) is 0 Å². The predicted molar refractivity (Wildman–Crippen MR) is 514 cm³/mol. The first kappa shape index (κ1) is 108. The molecule has 0 bridgehead atoms. The lowest BCUT2D eigenvalue weighted by molar-refractivity contribution is -0.138. The van der Waals surface area contributed by atoms with Crippen molar-refractivity contribution < 1.29 is 33.3 Å². The Bertz CT molecular complexity index is 5480. The summed E-state index contributed by atoms with van der Waals surface area (Å²) < 4.78 is 25.9. The number of pyridine rings is 2. The van der Waals surface area contributed by atoms with Gasteiger partial charge in [0.1, 0.15) is 81.8 Å². The van der Waals surface area contributed by atoms with E-state index < -0.39 is 22.6 Å². The second kappa shape index (κ2) is 52.5. The van der Waals surface area contributed by atoms with Gasteiger partial charge in [-0.15, -0.1) is 0 Å². The van der Waals surface area contributed by atoms with E-state index in [1.54, 1.807) is 61.7 Å². The van der Waals surface area contributed by atoms with E-state index in [-0.39, 0.29) is 91.3 Å². The van der Waals surface area contributed by atoms with Crippen molar-refractivity contribution in [2.45, 2.75) is 248 Å². The SMILES string of the molecule is CCO/C=C(/C#N)C(=O)OCC.CSC(=N)N.CSc1ncc(C#N)c(=O)[nH]1.CSc1ncc(C#N)c(Cl)n1.CSc1ncc(C#N)c(N[C@@H]2CC[C@@H](O)C2)n1.CSc1ncc(C#N)c(N[C@@H]2CC[C@@H](O[Si](C)(C)C(C)(C)C)C2)n1.CSc1ncc2c(N)cc(=O)n([C@@H]3CC[C@@H](O)C3)c2n1.CSc1ncc2c(N)cc(=O)n([C@@H]3CC[C@@H](O[Si](C)(C)C(C)(C)C)C3)c2n1. The third-order valence-electron chi connectivity index (χ3n) is 20.9. The zero-order valence-electron chi connectivity index (χ0n) is 74.9. The van der Waals surface area contributed by atoms with E-state index in [9.17, 15) is 34.7 Å². The number of nitriles is 5. The number of halogens is 1. The number of carbonyl (C=O) groups excluding carboxylic acids is 1. The Morgan fingerprint density at radius 2 is 0.961 bits per heavy atom. The number of thioether (sulfide) groups is 7. The van der Waals surface area contributed by atoms with Gasteiger partial charge in [-0.05, 0) is 171 Å². The lowest BCUT2D eigenvalue weighted by Crippen LogP contribution is -2.43. The van der Waals surface area contributed by atoms with Gasteiger partial charge in [-0.1, -0.05) is 135 Å². The molecule has 0 amide bonds. The lowest BCUT2D eigenvalue weighted by atomic mass is 10.2. The van der Waals surface area contributed by atoms with Gasteiger partial charge in [-0.25, -0.2) is 59.6 Å². The summed E-state index contributed by atoms with van der Waals surface area (Å²) in [6.07, 6.45) is 33.5. The quantitative estimate of drug-likeness (QED) is 0.00327. The van der Waals surface area contributed by atoms with Crippen LogP contribution in [-0.2, 0) is 23.1 Å². The molecule has 0 unspecified atom stereocenters. The molecule has 0 saturated heterocycles. The third kappa shape index (κ3) is 33.1. The van der Waals surface area contributed by atoms with Crippen LogP contribution >= 0.6 is 93.9 Å². The van der Waals surface area contributed by atoms with Gasteiger partial charge >= 0.3 is 5.97 Å². The summed E-state index contributed by atoms with van der Waals surface area (Å²) >= 11 is 15.4. The van der Waals surface area contributed by atoms with Gasteiger partial charge < -0.3 is 61.4 Å². The van der Waals surface area contributed by atoms with E-state index in [4.69, 9.17) is 68.8 Å². The van der Waals surface area contributed by atoms with Crippen molar-refractivity contribution in [3.8, 4) is 30.3 Å². The number of aromatic amines is 1. The molecule has 4 aliphatic rings. The Labute approximate surface area is 778 Å². The van der Waals surface area contributed by atoms with Crippen LogP contribution in [0.5, 0.6) is 0 Å². The molecule has 0 aliphatic heterocycles. The second-order valence-corrected chi connectivity index (χ2v) is 47.0. The summed E-state index contributed by atoms with van der Waals surface area (Å²) in [5.74, 6) is 0.578. The van der Waals surface area contributed by atoms with Gasteiger partial charge in [0, 0.05) is 72.3 Å². The van der Waals surface area contributed by atoms with Crippen LogP contribution < -0.4 is 44.5 Å². The monoisotopic (exact) mass is 1920 g/mol. The molecule has 0 aromatic carbocycles. The molecule has 45 heteroatoms. The number of hydrogen-bond acceptors (Lipinski definition) is 38. The minimum absolute atomic E-state index is 0.0230. The molecular weight excluding hydrogens is 1810 g/mol. The number of ether oxygens (including phenoxy) is 2. The number of nitrogens with zero attached hydrogens (tertiary/aromatic N) is 18. The number of nitrogens with two attached hydrogens (primary N) is 3. The van der Waals surface area contributed by atoms with Crippen LogP contribution in [0.4, 0.5) is 23.0 Å². The number of carbonyl (C=O) groups is 1. The van der Waals surface area contributed by atoms with Gasteiger partial charge in [-0.3, -0.25) is 28.9 Å². The summed E-state index contributed by atoms with van der Waals surface area (Å²) in [6.45, 7) is 26.9. The summed E-state index contributed by atoms with van der Waals surface area (Å²) in [6, 6.07) is 13.0. The molecule has 12 N–H and O–H groups in total. The standard InChI is InChI=1S/C19H30N4O2SSi.C17H28N4OSSi.C13H16N4O2S.C11H14N4OS.C8H11NO3.C6H4ClN3S.C6H5N3OS.C2H6N2S/c1-19(2,3)27(5,6)25-13-8-7-12(9-13)23-16(24)10-15(20)14-11-21-18(26-4)22-17(14)23;1-17(2,3)24(5,6)22-14-8-7-13(9-14)20-15-12(10-18)11-19-16(21-15)23-4;1-20-13-15-6-9-10(14)5-11(19)17(12(9)16-13)7-2-3-8(18)4-7;1-17-11-13-6-7(5-12)10(15-11)14-8-2-3-9(16)4-8;1-3-11-6-7(5-9)8(10)12-4-2;1-11-6-9-3-4(2-8)5(7)10-6;1-11-6-8-3-4(2-7)5(10)9-6;1-5-2(3)4/h10-13H,7-9,20H2,1-6H3;11,13-14H,7-9H2,1-6H3,(H,19,20,21);5-8,18H,2-4,14H2,1H3;6,8-9,16H,2-4H2,1H3,(H,13,14,15);6H,3-4H2,1-2H3;3H,1H3;3H,1H3,(H,8,9,10);1H3,(H3,3,4)/b;;;;7-6-;;;/t12-,13-;13-,14-;7-,8-;8-,9-;;;;/m1111..../s1. The topological polar surface area (TPSA) is 558 Å². The molecular formula is C82H114ClN25O10S7Si2. The second-order valence-electron chi connectivity index (χ2n) is 31.6. The molecule has 4 saturated carbocycles. The van der Waals surface area contributed by atoms with Crippen molar-refractivity contribution in [3.05, 3.63) is 120 Å². The molecule has 8 heterocycles. The Hall–Kier alpha value is -9.16. The number of esters is 1. The highest BCUT2D eigenvalue weighted by Gasteiger charge is 2.43. The van der Waals surface area contributed by atoms with Crippen LogP contribution in [0, 0.1) is 62.1 Å². The number of fused-ring (bicyclic) bond motifs is 2. The minimum Gasteiger partial charge on any atom is -0.500 e. The Balaban J connectivity index is 0.000000266. The molecule has 8 atom stereocenters. The number of aromatic nitrogens is 14. The van der Waals surface area contributed by atoms with Gasteiger partial charge in [-0.2, -0.15) is 26.3 Å². The van der Waals surface area contributed by atoms with Gasteiger partial charge in [0.25, 0.3) is 16.7 Å². The summed E-state index contributed by atoms with van der Waals surface area (Å²) in [7, 11) is -3.56. The van der Waals surface area contributed by atoms with Crippen molar-refractivity contribution in [2.75, 3.05) is 79.1 Å². The summed E-state index contributed by atoms with van der Waals surface area (Å²) in [5, 5.41) is 81.7. The molecule has 12 rings (SSSR count). The predicted octanol–water partition coefficient (Wildman–Crippen LogP) is 14.5. The fraction of sp³-hybridized carbons (Fsp3) is 0.524. The molecule has 0 radical (unpaired) electrons. The number of rotatable bonds is 20. The smallest absolute Gasteiger partial charge is 0.352 e. The van der Waals surface area contributed by atoms with Crippen LogP contribution in [0.15, 0.2) is 106 Å². The fourth-order valence-corrected chi connectivity index (χ4v) is 17.4. The zero-order valence-corrected chi connectivity index (χ0v) is 83.4. The van der Waals surface area contributed by atoms with E-state index in [2.05, 4.69) is 155 Å². The molecule has 0 spiro atoms. The maximum Gasteiger partial charge on any atom is 0.352 e. The van der Waals surface area contributed by atoms with Gasteiger partial charge in [0.2, 0.25) is 0 Å². The zero-order chi connectivity index (χ0) is 94.7. The summed E-state index contributed by atoms with van der Waals surface area (Å²) in [4.78, 5) is 95.4. The molecule has 684 valence electrons. The van der Waals surface area contributed by atoms with Crippen molar-refractivity contribution in [2.24, 2.45) is 5.73 Å². The average Bonchev–Trinajstić information content (AvgIpc) is 1.75. The van der Waals surface area contributed by atoms with E-state index in [0.29, 0.717) is 125 Å². The van der Waals surface area contributed by atoms with Gasteiger partial charge in [0.05, 0.1) is 61.0 Å². The van der Waals surface area contributed by atoms with Crippen molar-refractivity contribution >= 4 is 167 Å². The first-order valence-electron chi connectivity index (χ1n) is 40.2. The molecule has 8 aromatic heterocycles. The number of anilines is 4. The highest BCUT2D eigenvalue weighted by molar-refractivity contribution is 8.13. The van der Waals surface area contributed by atoms with Crippen LogP contribution in [-0.4, -0.2) is 200 Å². The summed E-state index contributed by atoms with van der Waals surface area (Å²) in [5.41, 5.74) is 19.4. The first-order chi connectivity index (χ1) is 60.1. The number of H-pyrrole nitrogens is 1. The maximum absolute atomic E-state index is 12.8. The van der Waals surface area contributed by atoms with Crippen molar-refractivity contribution in [1.82, 2.24) is 68.9 Å². The highest BCUT2D eigenvalue weighted by atomic mass is 35.5. The molecule has 35 nitrogen and oxygen atoms in total. The number of aliphatic hydroxyl groups excluding tert-OH is 2. The third-order valence-corrected chi connectivity index (χ3v) is 34.1. The van der Waals surface area contributed by atoms with E-state index >= 15 is 0 Å². The normalized spacial score (nSPS) is 18.1. The first-order valence-corrected chi connectivity index (χ1v) is 54.9. The van der Waals surface area contributed by atoms with E-state index in [1.807, 2.05) is 41.9 Å². The molecule has 127 heavy (non-hydrogen) atoms. The highest BCUT2D eigenvalue weighted by Crippen LogP contribution is 2.43. The van der Waals surface area contributed by atoms with Crippen molar-refractivity contribution in [1.29, 1.82) is 31.7 Å². The fourth-order valence-electron chi connectivity index (χ4n) is 12.3. The lowest BCUT2D eigenvalue weighted by Gasteiger charge is -2.38. The molecule has 8 aromatic rings. The average molecular weight is 1930 g/mol. The number of nitrogens with one attached hydrogen (secondary N) is 4. The maximum atomic E-state index is 12.8. The van der Waals surface area contributed by atoms with Crippen molar-refractivity contribution in [3.63, 3.8) is 0 Å². The van der Waals surface area contributed by atoms with E-state index in [1.165, 1.54) is 113 Å². The number of aliphatic hydroxyl groups is 2.